The molecule has 1 saturated heterocycles. The molecule has 156 valence electrons. The van der Waals surface area contributed by atoms with Crippen molar-refractivity contribution in [3.05, 3.63) is 54.6 Å². The third-order valence-corrected chi connectivity index (χ3v) is 6.72. The molecule has 30 heavy (non-hydrogen) atoms. The summed E-state index contributed by atoms with van der Waals surface area (Å²) in [6.07, 6.45) is 0.692. The second-order valence-corrected chi connectivity index (χ2v) is 9.46. The van der Waals surface area contributed by atoms with Gasteiger partial charge in [-0.15, -0.1) is 0 Å². The number of anilines is 1. The van der Waals surface area contributed by atoms with Crippen LogP contribution in [0.2, 0.25) is 0 Å². The molecular weight excluding hydrogens is 406 g/mol. The highest BCUT2D eigenvalue weighted by molar-refractivity contribution is 7.91. The van der Waals surface area contributed by atoms with Gasteiger partial charge in [0.05, 0.1) is 17.5 Å². The number of carbonyl (C=O) groups is 2. The van der Waals surface area contributed by atoms with Crippen LogP contribution in [0.5, 0.6) is 11.5 Å². The average Bonchev–Trinajstić information content (AvgIpc) is 3.10. The van der Waals surface area contributed by atoms with E-state index in [1.807, 2.05) is 30.3 Å². The fourth-order valence-corrected chi connectivity index (χ4v) is 5.11. The topological polar surface area (TPSA) is 105 Å². The fourth-order valence-electron chi connectivity index (χ4n) is 3.42. The normalized spacial score (nSPS) is 20.5. The Morgan fingerprint density at radius 3 is 2.40 bits per heavy atom. The number of ether oxygens (including phenoxy) is 1. The third kappa shape index (κ3) is 4.68. The van der Waals surface area contributed by atoms with E-state index in [4.69, 9.17) is 4.74 Å². The Morgan fingerprint density at radius 1 is 1.03 bits per heavy atom. The molecule has 2 aromatic carbocycles. The van der Waals surface area contributed by atoms with Crippen LogP contribution in [0.25, 0.3) is 0 Å². The zero-order valence-electron chi connectivity index (χ0n) is 16.2. The minimum atomic E-state index is -3.16. The largest absolute Gasteiger partial charge is 0.457 e. The molecule has 2 aliphatic rings. The van der Waals surface area contributed by atoms with Crippen LogP contribution in [0, 0.1) is 0 Å². The molecule has 2 heterocycles. The lowest BCUT2D eigenvalue weighted by atomic mass is 10.1. The molecule has 0 unspecified atom stereocenters. The Hall–Kier alpha value is -3.20. The lowest BCUT2D eigenvalue weighted by Crippen LogP contribution is -2.42. The summed E-state index contributed by atoms with van der Waals surface area (Å²) in [7, 11) is -3.16. The number of para-hydroxylation sites is 1. The minimum absolute atomic E-state index is 0.0376. The van der Waals surface area contributed by atoms with Gasteiger partial charge in [0.2, 0.25) is 5.91 Å². The monoisotopic (exact) mass is 427 g/mol. The van der Waals surface area contributed by atoms with Crippen molar-refractivity contribution in [2.45, 2.75) is 25.3 Å². The fraction of sp³-hybridized carbons (Fsp3) is 0.286. The number of benzene rings is 2. The molecule has 8 nitrogen and oxygen atoms in total. The predicted octanol–water partition coefficient (Wildman–Crippen LogP) is 2.58. The van der Waals surface area contributed by atoms with Crippen molar-refractivity contribution in [1.29, 1.82) is 0 Å². The van der Waals surface area contributed by atoms with E-state index < -0.39 is 21.8 Å². The highest BCUT2D eigenvalue weighted by atomic mass is 32.2. The van der Waals surface area contributed by atoms with Gasteiger partial charge in [-0.2, -0.15) is 5.10 Å². The quantitative estimate of drug-likeness (QED) is 0.790. The molecule has 1 fully saturated rings. The molecular formula is C21H21N3O5S. The Balaban J connectivity index is 1.41. The molecule has 2 aliphatic heterocycles. The van der Waals surface area contributed by atoms with Gasteiger partial charge in [-0.1, -0.05) is 18.2 Å². The maximum Gasteiger partial charge on any atom is 0.271 e. The highest BCUT2D eigenvalue weighted by Crippen LogP contribution is 2.24. The van der Waals surface area contributed by atoms with Crippen LogP contribution < -0.4 is 10.1 Å². The number of hydrogen-bond acceptors (Lipinski definition) is 6. The number of nitrogens with one attached hydrogen (secondary N) is 1. The van der Waals surface area contributed by atoms with Crippen LogP contribution in [0.15, 0.2) is 59.7 Å². The Kier molecular flexibility index (Phi) is 5.54. The van der Waals surface area contributed by atoms with Crippen molar-refractivity contribution in [1.82, 2.24) is 5.01 Å². The van der Waals surface area contributed by atoms with Gasteiger partial charge in [0.1, 0.15) is 17.2 Å². The molecule has 0 saturated carbocycles. The maximum atomic E-state index is 12.6. The predicted molar refractivity (Wildman–Crippen MR) is 112 cm³/mol. The lowest BCUT2D eigenvalue weighted by molar-refractivity contribution is -0.133. The van der Waals surface area contributed by atoms with E-state index in [9.17, 15) is 18.0 Å². The zero-order valence-corrected chi connectivity index (χ0v) is 17.0. The number of carbonyl (C=O) groups excluding carboxylic acids is 2. The van der Waals surface area contributed by atoms with Crippen LogP contribution in [-0.2, 0) is 19.4 Å². The van der Waals surface area contributed by atoms with Crippen molar-refractivity contribution in [3.8, 4) is 11.5 Å². The van der Waals surface area contributed by atoms with Gasteiger partial charge >= 0.3 is 0 Å². The molecule has 9 heteroatoms. The van der Waals surface area contributed by atoms with Gasteiger partial charge in [0, 0.05) is 18.5 Å². The highest BCUT2D eigenvalue weighted by Gasteiger charge is 2.37. The summed E-state index contributed by atoms with van der Waals surface area (Å²) in [4.78, 5) is 24.8. The zero-order chi connectivity index (χ0) is 21.1. The molecule has 0 aromatic heterocycles. The number of rotatable bonds is 5. The summed E-state index contributed by atoms with van der Waals surface area (Å²) in [6, 6.07) is 15.8. The van der Waals surface area contributed by atoms with E-state index in [0.717, 1.165) is 0 Å². The second-order valence-electron chi connectivity index (χ2n) is 7.24. The number of hydrogen-bond donors (Lipinski definition) is 1. The van der Waals surface area contributed by atoms with Gasteiger partial charge in [0.25, 0.3) is 5.91 Å². The first-order valence-corrected chi connectivity index (χ1v) is 11.5. The van der Waals surface area contributed by atoms with Crippen molar-refractivity contribution in [3.63, 3.8) is 0 Å². The minimum Gasteiger partial charge on any atom is -0.457 e. The van der Waals surface area contributed by atoms with Crippen molar-refractivity contribution < 1.29 is 22.7 Å². The van der Waals surface area contributed by atoms with E-state index in [0.29, 0.717) is 23.6 Å². The number of nitrogens with zero attached hydrogens (tertiary/aromatic N) is 2. The molecule has 0 spiro atoms. The Morgan fingerprint density at radius 2 is 1.73 bits per heavy atom. The van der Waals surface area contributed by atoms with E-state index in [-0.39, 0.29) is 36.0 Å². The second kappa shape index (κ2) is 8.27. The molecule has 1 atom stereocenters. The number of sulfone groups is 1. The number of hydrazone groups is 1. The average molecular weight is 427 g/mol. The van der Waals surface area contributed by atoms with Crippen LogP contribution in [0.3, 0.4) is 0 Å². The van der Waals surface area contributed by atoms with E-state index in [2.05, 4.69) is 10.4 Å². The molecule has 4 rings (SSSR count). The molecule has 1 N–H and O–H groups in total. The van der Waals surface area contributed by atoms with E-state index >= 15 is 0 Å². The van der Waals surface area contributed by atoms with Crippen LogP contribution in [0.1, 0.15) is 19.3 Å². The lowest BCUT2D eigenvalue weighted by Gasteiger charge is -2.27. The van der Waals surface area contributed by atoms with Crippen LogP contribution >= 0.6 is 0 Å². The molecule has 0 bridgehead atoms. The van der Waals surface area contributed by atoms with Gasteiger partial charge in [-0.25, -0.2) is 13.4 Å². The maximum absolute atomic E-state index is 12.6. The summed E-state index contributed by atoms with van der Waals surface area (Å²) >= 11 is 0. The van der Waals surface area contributed by atoms with E-state index in [1.165, 1.54) is 5.01 Å². The first-order chi connectivity index (χ1) is 14.4. The smallest absolute Gasteiger partial charge is 0.271 e. The van der Waals surface area contributed by atoms with Gasteiger partial charge < -0.3 is 10.1 Å². The first kappa shape index (κ1) is 20.1. The van der Waals surface area contributed by atoms with E-state index in [1.54, 1.807) is 24.3 Å². The third-order valence-electron chi connectivity index (χ3n) is 4.97. The first-order valence-electron chi connectivity index (χ1n) is 9.64. The Labute approximate surface area is 174 Å². The number of amides is 2. The Bertz CT molecular complexity index is 1080. The SMILES string of the molecule is O=C(Nc1ccc(Oc2ccccc2)cc1)C1=NN([C@@H]2CCS(=O)(=O)C2)C(=O)CC1. The summed E-state index contributed by atoms with van der Waals surface area (Å²) < 4.78 is 29.2. The molecule has 0 aliphatic carbocycles. The summed E-state index contributed by atoms with van der Waals surface area (Å²) in [5, 5.41) is 8.12. The van der Waals surface area contributed by atoms with Gasteiger partial charge in [0.15, 0.2) is 9.84 Å². The molecule has 2 amide bonds. The van der Waals surface area contributed by atoms with Gasteiger partial charge in [-0.05, 0) is 42.8 Å². The van der Waals surface area contributed by atoms with Crippen molar-refractivity contribution >= 4 is 33.1 Å². The molecule has 2 aromatic rings. The van der Waals surface area contributed by atoms with Crippen molar-refractivity contribution in [2.75, 3.05) is 16.8 Å². The van der Waals surface area contributed by atoms with Crippen LogP contribution in [-0.4, -0.2) is 48.5 Å². The molecule has 0 radical (unpaired) electrons. The standard InChI is InChI=1S/C21H21N3O5S/c25-20-11-10-19(23-24(20)16-12-13-30(27,28)14-16)21(26)22-15-6-8-18(9-7-15)29-17-4-2-1-3-5-17/h1-9,16H,10-14H2,(H,22,26)/t16-/m1/s1. The van der Waals surface area contributed by atoms with Crippen molar-refractivity contribution in [2.24, 2.45) is 5.10 Å². The van der Waals surface area contributed by atoms with Gasteiger partial charge in [-0.3, -0.25) is 9.59 Å². The van der Waals surface area contributed by atoms with Crippen LogP contribution in [0.4, 0.5) is 5.69 Å². The summed E-state index contributed by atoms with van der Waals surface area (Å²) in [5.41, 5.74) is 0.776. The summed E-state index contributed by atoms with van der Waals surface area (Å²) in [6.45, 7) is 0. The summed E-state index contributed by atoms with van der Waals surface area (Å²) in [5.74, 6) is 0.606.